The van der Waals surface area contributed by atoms with Crippen molar-refractivity contribution in [3.05, 3.63) is 77.4 Å². The van der Waals surface area contributed by atoms with Crippen LogP contribution in [0, 0.1) is 0 Å². The second-order valence-corrected chi connectivity index (χ2v) is 7.55. The number of benzene rings is 1. The van der Waals surface area contributed by atoms with E-state index < -0.39 is 0 Å². The van der Waals surface area contributed by atoms with Gasteiger partial charge in [-0.3, -0.25) is 9.78 Å². The minimum absolute atomic E-state index is 0.241. The van der Waals surface area contributed by atoms with Gasteiger partial charge in [-0.1, -0.05) is 45.9 Å². The van der Waals surface area contributed by atoms with Crippen LogP contribution in [0.4, 0.5) is 11.6 Å². The maximum atomic E-state index is 13.0. The molecule has 0 unspecified atom stereocenters. The van der Waals surface area contributed by atoms with Crippen LogP contribution in [-0.4, -0.2) is 20.9 Å². The third kappa shape index (κ3) is 5.16. The van der Waals surface area contributed by atoms with Crippen molar-refractivity contribution in [1.82, 2.24) is 15.0 Å². The molecule has 150 valence electrons. The first-order valence-electron chi connectivity index (χ1n) is 9.85. The standard InChI is InChI=1S/C23H27N5O/c1-15(2)18-6-5-7-19(16(3)4)21(18)28-22(29)20-10-13-25-23(27-20)26-14-17-8-11-24-12-9-17/h5-13,15-16H,14H2,1-4H3,(H,28,29)(H,25,26,27). The maximum absolute atomic E-state index is 13.0. The summed E-state index contributed by atoms with van der Waals surface area (Å²) in [4.78, 5) is 25.6. The van der Waals surface area contributed by atoms with Crippen LogP contribution in [0.1, 0.15) is 66.7 Å². The zero-order valence-electron chi connectivity index (χ0n) is 17.3. The quantitative estimate of drug-likeness (QED) is 0.595. The molecule has 1 aromatic carbocycles. The number of para-hydroxylation sites is 1. The Labute approximate surface area is 171 Å². The fraction of sp³-hybridized carbons (Fsp3) is 0.304. The number of pyridine rings is 1. The van der Waals surface area contributed by atoms with Gasteiger partial charge in [0.2, 0.25) is 5.95 Å². The molecule has 0 bridgehead atoms. The molecule has 0 radical (unpaired) electrons. The molecule has 0 aliphatic heterocycles. The lowest BCUT2D eigenvalue weighted by Crippen LogP contribution is -2.18. The average Bonchev–Trinajstić information content (AvgIpc) is 2.73. The summed E-state index contributed by atoms with van der Waals surface area (Å²) in [6.07, 6.45) is 5.06. The third-order valence-electron chi connectivity index (χ3n) is 4.70. The second-order valence-electron chi connectivity index (χ2n) is 7.55. The smallest absolute Gasteiger partial charge is 0.274 e. The molecule has 0 aliphatic carbocycles. The van der Waals surface area contributed by atoms with Crippen LogP contribution in [0.2, 0.25) is 0 Å². The van der Waals surface area contributed by atoms with E-state index in [0.717, 1.165) is 22.4 Å². The van der Waals surface area contributed by atoms with Crippen molar-refractivity contribution in [3.63, 3.8) is 0 Å². The van der Waals surface area contributed by atoms with Gasteiger partial charge >= 0.3 is 0 Å². The monoisotopic (exact) mass is 389 g/mol. The van der Waals surface area contributed by atoms with Crippen LogP contribution in [0.25, 0.3) is 0 Å². The molecule has 3 rings (SSSR count). The first-order valence-corrected chi connectivity index (χ1v) is 9.85. The van der Waals surface area contributed by atoms with Crippen LogP contribution in [0.3, 0.4) is 0 Å². The molecular formula is C23H27N5O. The Bertz CT molecular complexity index is 944. The molecule has 29 heavy (non-hydrogen) atoms. The van der Waals surface area contributed by atoms with Gasteiger partial charge in [-0.2, -0.15) is 0 Å². The Kier molecular flexibility index (Phi) is 6.54. The molecule has 6 nitrogen and oxygen atoms in total. The zero-order valence-corrected chi connectivity index (χ0v) is 17.3. The summed E-state index contributed by atoms with van der Waals surface area (Å²) < 4.78 is 0. The van der Waals surface area contributed by atoms with Crippen LogP contribution in [0.15, 0.2) is 55.0 Å². The molecule has 0 saturated heterocycles. The van der Waals surface area contributed by atoms with E-state index in [0.29, 0.717) is 30.0 Å². The summed E-state index contributed by atoms with van der Waals surface area (Å²) in [5.41, 5.74) is 4.51. The number of hydrogen-bond acceptors (Lipinski definition) is 5. The predicted molar refractivity (Wildman–Crippen MR) is 116 cm³/mol. The number of rotatable bonds is 7. The number of nitrogens with one attached hydrogen (secondary N) is 2. The Morgan fingerprint density at radius 1 is 0.931 bits per heavy atom. The van der Waals surface area contributed by atoms with Gasteiger partial charge < -0.3 is 10.6 Å². The van der Waals surface area contributed by atoms with Crippen molar-refractivity contribution in [1.29, 1.82) is 0 Å². The number of carbonyl (C=O) groups excluding carboxylic acids is 1. The molecule has 0 aliphatic rings. The molecule has 2 aromatic heterocycles. The van der Waals surface area contributed by atoms with Gasteiger partial charge in [0.25, 0.3) is 5.91 Å². The summed E-state index contributed by atoms with van der Waals surface area (Å²) in [6.45, 7) is 9.06. The number of nitrogens with zero attached hydrogens (tertiary/aromatic N) is 3. The van der Waals surface area contributed by atoms with E-state index >= 15 is 0 Å². The summed E-state index contributed by atoms with van der Waals surface area (Å²) in [7, 11) is 0. The van der Waals surface area contributed by atoms with Crippen molar-refractivity contribution in [2.75, 3.05) is 10.6 Å². The molecule has 2 heterocycles. The van der Waals surface area contributed by atoms with Crippen LogP contribution >= 0.6 is 0 Å². The zero-order chi connectivity index (χ0) is 20.8. The van der Waals surface area contributed by atoms with E-state index in [1.54, 1.807) is 24.7 Å². The van der Waals surface area contributed by atoms with Gasteiger partial charge in [0, 0.05) is 30.8 Å². The molecule has 0 fully saturated rings. The van der Waals surface area contributed by atoms with E-state index in [1.807, 2.05) is 18.2 Å². The fourth-order valence-corrected chi connectivity index (χ4v) is 3.13. The minimum Gasteiger partial charge on any atom is -0.350 e. The van der Waals surface area contributed by atoms with E-state index in [9.17, 15) is 4.79 Å². The highest BCUT2D eigenvalue weighted by molar-refractivity contribution is 6.04. The van der Waals surface area contributed by atoms with Crippen molar-refractivity contribution >= 4 is 17.5 Å². The predicted octanol–water partition coefficient (Wildman–Crippen LogP) is 4.98. The Morgan fingerprint density at radius 3 is 2.21 bits per heavy atom. The molecular weight excluding hydrogens is 362 g/mol. The fourth-order valence-electron chi connectivity index (χ4n) is 3.13. The van der Waals surface area contributed by atoms with Crippen molar-refractivity contribution in [2.45, 2.75) is 46.1 Å². The first-order chi connectivity index (χ1) is 14.0. The number of carbonyl (C=O) groups is 1. The molecule has 1 amide bonds. The summed E-state index contributed by atoms with van der Waals surface area (Å²) >= 11 is 0. The van der Waals surface area contributed by atoms with E-state index in [-0.39, 0.29) is 5.91 Å². The van der Waals surface area contributed by atoms with Crippen LogP contribution < -0.4 is 10.6 Å². The number of hydrogen-bond donors (Lipinski definition) is 2. The molecule has 0 atom stereocenters. The lowest BCUT2D eigenvalue weighted by molar-refractivity contribution is 0.102. The van der Waals surface area contributed by atoms with Gasteiger partial charge in [-0.05, 0) is 46.7 Å². The molecule has 0 saturated carbocycles. The summed E-state index contributed by atoms with van der Waals surface area (Å²) in [5, 5.41) is 6.24. The van der Waals surface area contributed by atoms with Crippen molar-refractivity contribution in [2.24, 2.45) is 0 Å². The van der Waals surface area contributed by atoms with Gasteiger partial charge in [-0.15, -0.1) is 0 Å². The topological polar surface area (TPSA) is 79.8 Å². The molecule has 3 aromatic rings. The summed E-state index contributed by atoms with van der Waals surface area (Å²) in [5.74, 6) is 0.768. The number of aromatic nitrogens is 3. The third-order valence-corrected chi connectivity index (χ3v) is 4.70. The highest BCUT2D eigenvalue weighted by atomic mass is 16.1. The first kappa shape index (κ1) is 20.5. The lowest BCUT2D eigenvalue weighted by atomic mass is 9.92. The molecule has 0 spiro atoms. The van der Waals surface area contributed by atoms with Gasteiger partial charge in [-0.25, -0.2) is 9.97 Å². The molecule has 2 N–H and O–H groups in total. The Morgan fingerprint density at radius 2 is 1.59 bits per heavy atom. The minimum atomic E-state index is -0.241. The maximum Gasteiger partial charge on any atom is 0.274 e. The average molecular weight is 390 g/mol. The van der Waals surface area contributed by atoms with E-state index in [2.05, 4.69) is 65.4 Å². The SMILES string of the molecule is CC(C)c1cccc(C(C)C)c1NC(=O)c1ccnc(NCc2ccncc2)n1. The van der Waals surface area contributed by atoms with Gasteiger partial charge in [0.05, 0.1) is 0 Å². The van der Waals surface area contributed by atoms with Crippen molar-refractivity contribution < 1.29 is 4.79 Å². The van der Waals surface area contributed by atoms with E-state index in [4.69, 9.17) is 0 Å². The molecule has 6 heteroatoms. The van der Waals surface area contributed by atoms with Crippen LogP contribution in [-0.2, 0) is 6.54 Å². The number of anilines is 2. The Balaban J connectivity index is 1.80. The normalized spacial score (nSPS) is 11.0. The van der Waals surface area contributed by atoms with E-state index in [1.165, 1.54) is 0 Å². The Hall–Kier alpha value is -3.28. The highest BCUT2D eigenvalue weighted by Gasteiger charge is 2.17. The van der Waals surface area contributed by atoms with Crippen LogP contribution in [0.5, 0.6) is 0 Å². The largest absolute Gasteiger partial charge is 0.350 e. The van der Waals surface area contributed by atoms with Gasteiger partial charge in [0.15, 0.2) is 0 Å². The lowest BCUT2D eigenvalue weighted by Gasteiger charge is -2.20. The van der Waals surface area contributed by atoms with Gasteiger partial charge in [0.1, 0.15) is 5.69 Å². The summed E-state index contributed by atoms with van der Waals surface area (Å²) in [6, 6.07) is 11.6. The number of amides is 1. The highest BCUT2D eigenvalue weighted by Crippen LogP contribution is 2.32. The second kappa shape index (κ2) is 9.28. The van der Waals surface area contributed by atoms with Crippen molar-refractivity contribution in [3.8, 4) is 0 Å².